The van der Waals surface area contributed by atoms with Crippen LogP contribution in [0, 0.1) is 0 Å². The number of benzene rings is 1. The number of nitrogens with zero attached hydrogens (tertiary/aromatic N) is 1. The number of likely N-dealkylation sites (tertiary alicyclic amines) is 1. The number of carbonyl (C=O) groups excluding carboxylic acids is 1. The highest BCUT2D eigenvalue weighted by Crippen LogP contribution is 2.16. The van der Waals surface area contributed by atoms with E-state index < -0.39 is 0 Å². The number of piperidine rings is 1. The summed E-state index contributed by atoms with van der Waals surface area (Å²) in [5.74, 6) is 1.56. The van der Waals surface area contributed by atoms with Crippen LogP contribution in [0.5, 0.6) is 11.5 Å². The number of urea groups is 1. The number of methoxy groups -OCH3 is 1. The van der Waals surface area contributed by atoms with Crippen molar-refractivity contribution in [2.45, 2.75) is 18.9 Å². The second-order valence-electron chi connectivity index (χ2n) is 5.50. The highest BCUT2D eigenvalue weighted by molar-refractivity contribution is 5.74. The molecule has 1 aromatic carbocycles. The summed E-state index contributed by atoms with van der Waals surface area (Å²) in [6.07, 6.45) is 2.01. The van der Waals surface area contributed by atoms with E-state index in [0.29, 0.717) is 13.2 Å². The van der Waals surface area contributed by atoms with Crippen molar-refractivity contribution in [3.8, 4) is 11.5 Å². The zero-order valence-electron chi connectivity index (χ0n) is 13.3. The van der Waals surface area contributed by atoms with Gasteiger partial charge in [0, 0.05) is 6.04 Å². The Morgan fingerprint density at radius 1 is 1.23 bits per heavy atom. The monoisotopic (exact) mass is 307 g/mol. The minimum absolute atomic E-state index is 0.118. The van der Waals surface area contributed by atoms with Crippen LogP contribution in [0.1, 0.15) is 12.8 Å². The first-order valence-electron chi connectivity index (χ1n) is 7.67. The Balaban J connectivity index is 1.58. The quantitative estimate of drug-likeness (QED) is 0.781. The summed E-state index contributed by atoms with van der Waals surface area (Å²) in [4.78, 5) is 14.1. The van der Waals surface area contributed by atoms with Crippen molar-refractivity contribution in [3.05, 3.63) is 24.3 Å². The van der Waals surface area contributed by atoms with Gasteiger partial charge >= 0.3 is 6.03 Å². The number of ether oxygens (including phenoxy) is 2. The normalized spacial score (nSPS) is 16.1. The maximum absolute atomic E-state index is 11.8. The summed E-state index contributed by atoms with van der Waals surface area (Å²) in [5, 5.41) is 5.82. The van der Waals surface area contributed by atoms with Crippen molar-refractivity contribution in [3.63, 3.8) is 0 Å². The zero-order chi connectivity index (χ0) is 15.8. The van der Waals surface area contributed by atoms with Crippen molar-refractivity contribution in [2.24, 2.45) is 0 Å². The van der Waals surface area contributed by atoms with Crippen molar-refractivity contribution in [1.82, 2.24) is 15.5 Å². The maximum atomic E-state index is 11.8. The molecule has 1 aromatic rings. The van der Waals surface area contributed by atoms with Crippen molar-refractivity contribution < 1.29 is 14.3 Å². The van der Waals surface area contributed by atoms with Gasteiger partial charge in [-0.3, -0.25) is 0 Å². The largest absolute Gasteiger partial charge is 0.497 e. The maximum Gasteiger partial charge on any atom is 0.315 e. The summed E-state index contributed by atoms with van der Waals surface area (Å²) < 4.78 is 10.6. The Kier molecular flexibility index (Phi) is 6.33. The molecule has 0 unspecified atom stereocenters. The fourth-order valence-corrected chi connectivity index (χ4v) is 2.39. The predicted octanol–water partition coefficient (Wildman–Crippen LogP) is 1.47. The molecule has 0 spiro atoms. The molecule has 1 saturated heterocycles. The van der Waals surface area contributed by atoms with Crippen LogP contribution in [0.15, 0.2) is 24.3 Å². The van der Waals surface area contributed by atoms with Crippen molar-refractivity contribution in [1.29, 1.82) is 0 Å². The van der Waals surface area contributed by atoms with E-state index in [1.54, 1.807) is 7.11 Å². The summed E-state index contributed by atoms with van der Waals surface area (Å²) in [6.45, 7) is 2.98. The van der Waals surface area contributed by atoms with Gasteiger partial charge in [-0.2, -0.15) is 0 Å². The fraction of sp³-hybridized carbons (Fsp3) is 0.562. The van der Waals surface area contributed by atoms with Crippen LogP contribution < -0.4 is 20.1 Å². The molecular weight excluding hydrogens is 282 g/mol. The Labute approximate surface area is 131 Å². The van der Waals surface area contributed by atoms with E-state index in [9.17, 15) is 4.79 Å². The average molecular weight is 307 g/mol. The van der Waals surface area contributed by atoms with Crippen LogP contribution in [-0.2, 0) is 0 Å². The highest BCUT2D eigenvalue weighted by Gasteiger charge is 2.17. The standard InChI is InChI=1S/C16H25N3O3/c1-19-10-7-13(8-11-19)18-16(20)17-9-12-22-15-5-3-14(21-2)4-6-15/h3-6,13H,7-12H2,1-2H3,(H2,17,18,20). The minimum atomic E-state index is -0.118. The van der Waals surface area contributed by atoms with Crippen LogP contribution in [0.25, 0.3) is 0 Å². The van der Waals surface area contributed by atoms with Gasteiger partial charge in [-0.1, -0.05) is 0 Å². The molecule has 0 aromatic heterocycles. The minimum Gasteiger partial charge on any atom is -0.497 e. The van der Waals surface area contributed by atoms with E-state index in [0.717, 1.165) is 37.4 Å². The Morgan fingerprint density at radius 2 is 1.86 bits per heavy atom. The molecule has 0 bridgehead atoms. The number of hydrogen-bond acceptors (Lipinski definition) is 4. The Morgan fingerprint density at radius 3 is 2.50 bits per heavy atom. The van der Waals surface area contributed by atoms with E-state index in [2.05, 4.69) is 22.6 Å². The third-order valence-corrected chi connectivity index (χ3v) is 3.77. The molecule has 1 aliphatic heterocycles. The number of rotatable bonds is 6. The molecule has 0 saturated carbocycles. The first-order valence-corrected chi connectivity index (χ1v) is 7.67. The second-order valence-corrected chi connectivity index (χ2v) is 5.50. The molecule has 6 nitrogen and oxygen atoms in total. The van der Waals surface area contributed by atoms with Crippen molar-refractivity contribution >= 4 is 6.03 Å². The van der Waals surface area contributed by atoms with E-state index in [-0.39, 0.29) is 12.1 Å². The van der Waals surface area contributed by atoms with Crippen LogP contribution in [-0.4, -0.2) is 57.4 Å². The van der Waals surface area contributed by atoms with Gasteiger partial charge in [0.2, 0.25) is 0 Å². The molecule has 0 radical (unpaired) electrons. The molecule has 1 aliphatic rings. The third kappa shape index (κ3) is 5.44. The summed E-state index contributed by atoms with van der Waals surface area (Å²) in [5.41, 5.74) is 0. The lowest BCUT2D eigenvalue weighted by molar-refractivity contribution is 0.211. The zero-order valence-corrected chi connectivity index (χ0v) is 13.3. The van der Waals surface area contributed by atoms with Gasteiger partial charge in [0.25, 0.3) is 0 Å². The van der Waals surface area contributed by atoms with Gasteiger partial charge in [-0.15, -0.1) is 0 Å². The predicted molar refractivity (Wildman–Crippen MR) is 85.5 cm³/mol. The van der Waals surface area contributed by atoms with Gasteiger partial charge in [0.05, 0.1) is 13.7 Å². The van der Waals surface area contributed by atoms with Crippen LogP contribution >= 0.6 is 0 Å². The fourth-order valence-electron chi connectivity index (χ4n) is 2.39. The molecule has 0 aliphatic carbocycles. The molecule has 0 atom stereocenters. The van der Waals surface area contributed by atoms with Gasteiger partial charge in [-0.25, -0.2) is 4.79 Å². The molecule has 2 N–H and O–H groups in total. The average Bonchev–Trinajstić information content (AvgIpc) is 2.54. The molecule has 6 heteroatoms. The first-order chi connectivity index (χ1) is 10.7. The van der Waals surface area contributed by atoms with Gasteiger partial charge in [0.15, 0.2) is 0 Å². The second kappa shape index (κ2) is 8.48. The number of hydrogen-bond donors (Lipinski definition) is 2. The van der Waals surface area contributed by atoms with E-state index in [4.69, 9.17) is 9.47 Å². The summed E-state index contributed by atoms with van der Waals surface area (Å²) >= 11 is 0. The number of nitrogens with one attached hydrogen (secondary N) is 2. The Hall–Kier alpha value is -1.95. The number of amides is 2. The van der Waals surface area contributed by atoms with Gasteiger partial charge < -0.3 is 25.0 Å². The lowest BCUT2D eigenvalue weighted by atomic mass is 10.1. The highest BCUT2D eigenvalue weighted by atomic mass is 16.5. The molecule has 122 valence electrons. The lowest BCUT2D eigenvalue weighted by Crippen LogP contribution is -2.47. The molecule has 2 amide bonds. The third-order valence-electron chi connectivity index (χ3n) is 3.77. The van der Waals surface area contributed by atoms with Gasteiger partial charge in [-0.05, 0) is 57.2 Å². The summed E-state index contributed by atoms with van der Waals surface area (Å²) in [7, 11) is 3.73. The first kappa shape index (κ1) is 16.4. The molecule has 22 heavy (non-hydrogen) atoms. The molecule has 1 heterocycles. The van der Waals surface area contributed by atoms with E-state index in [1.165, 1.54) is 0 Å². The van der Waals surface area contributed by atoms with Crippen LogP contribution in [0.3, 0.4) is 0 Å². The lowest BCUT2D eigenvalue weighted by Gasteiger charge is -2.29. The van der Waals surface area contributed by atoms with Crippen molar-refractivity contribution in [2.75, 3.05) is 40.4 Å². The topological polar surface area (TPSA) is 62.8 Å². The Bertz CT molecular complexity index is 456. The molecule has 2 rings (SSSR count). The smallest absolute Gasteiger partial charge is 0.315 e. The number of carbonyl (C=O) groups is 1. The van der Waals surface area contributed by atoms with E-state index >= 15 is 0 Å². The molecule has 1 fully saturated rings. The van der Waals surface area contributed by atoms with Crippen LogP contribution in [0.4, 0.5) is 4.79 Å². The van der Waals surface area contributed by atoms with Crippen LogP contribution in [0.2, 0.25) is 0 Å². The SMILES string of the molecule is COc1ccc(OCCNC(=O)NC2CCN(C)CC2)cc1. The summed E-state index contributed by atoms with van der Waals surface area (Å²) in [6, 6.07) is 7.53. The van der Waals surface area contributed by atoms with Gasteiger partial charge in [0.1, 0.15) is 18.1 Å². The van der Waals surface area contributed by atoms with E-state index in [1.807, 2.05) is 24.3 Å². The molecular formula is C16H25N3O3.